The number of amides is 2. The lowest BCUT2D eigenvalue weighted by atomic mass is 9.77. The highest BCUT2D eigenvalue weighted by molar-refractivity contribution is 5.98. The summed E-state index contributed by atoms with van der Waals surface area (Å²) < 4.78 is 13.3. The summed E-state index contributed by atoms with van der Waals surface area (Å²) in [5.74, 6) is -0.725. The number of likely N-dealkylation sites (tertiary alicyclic amines) is 1. The Morgan fingerprint density at radius 1 is 1.19 bits per heavy atom. The largest absolute Gasteiger partial charge is 0.354 e. The Kier molecular flexibility index (Phi) is 5.84. The third-order valence-corrected chi connectivity index (χ3v) is 6.51. The van der Waals surface area contributed by atoms with E-state index in [1.165, 1.54) is 12.1 Å². The number of benzene rings is 2. The molecule has 6 heteroatoms. The van der Waals surface area contributed by atoms with Crippen LogP contribution in [-0.4, -0.2) is 47.4 Å². The maximum absolute atomic E-state index is 13.3. The molecular formula is C25H30FN3O2. The van der Waals surface area contributed by atoms with Crippen molar-refractivity contribution in [1.29, 1.82) is 0 Å². The normalized spacial score (nSPS) is 24.2. The number of nitrogens with one attached hydrogen (secondary N) is 2. The standard InChI is InChI=1S/C25H30FN3O2/c1-16(2)27-24(31)22-14-29(17(3)12-18-8-10-20(26)11-9-18)15-25(22)13-19-6-4-5-7-21(19)23(30)28-25/h4-11,16-17,22H,12-15H2,1-3H3,(H,27,31)(H,28,30)/t17-,22+,25-/m1/s1. The first-order valence-electron chi connectivity index (χ1n) is 11.0. The third-order valence-electron chi connectivity index (χ3n) is 6.51. The van der Waals surface area contributed by atoms with Crippen LogP contribution < -0.4 is 10.6 Å². The quantitative estimate of drug-likeness (QED) is 0.777. The van der Waals surface area contributed by atoms with Gasteiger partial charge in [0.2, 0.25) is 5.91 Å². The van der Waals surface area contributed by atoms with Crippen LogP contribution in [0.3, 0.4) is 0 Å². The molecule has 2 heterocycles. The Morgan fingerprint density at radius 3 is 2.61 bits per heavy atom. The van der Waals surface area contributed by atoms with Gasteiger partial charge in [-0.2, -0.15) is 0 Å². The molecule has 2 aromatic carbocycles. The van der Waals surface area contributed by atoms with Gasteiger partial charge in [0.25, 0.3) is 5.91 Å². The van der Waals surface area contributed by atoms with Crippen molar-refractivity contribution in [1.82, 2.24) is 15.5 Å². The highest BCUT2D eigenvalue weighted by Crippen LogP contribution is 2.37. The van der Waals surface area contributed by atoms with Crippen LogP contribution in [0.25, 0.3) is 0 Å². The third kappa shape index (κ3) is 4.35. The zero-order valence-electron chi connectivity index (χ0n) is 18.3. The summed E-state index contributed by atoms with van der Waals surface area (Å²) in [6.45, 7) is 7.19. The van der Waals surface area contributed by atoms with Gasteiger partial charge in [0.15, 0.2) is 0 Å². The maximum Gasteiger partial charge on any atom is 0.252 e. The lowest BCUT2D eigenvalue weighted by molar-refractivity contribution is -0.126. The van der Waals surface area contributed by atoms with Crippen LogP contribution in [0.5, 0.6) is 0 Å². The number of hydrogen-bond acceptors (Lipinski definition) is 3. The summed E-state index contributed by atoms with van der Waals surface area (Å²) in [6, 6.07) is 14.4. The van der Waals surface area contributed by atoms with E-state index in [9.17, 15) is 14.0 Å². The van der Waals surface area contributed by atoms with Crippen LogP contribution in [0, 0.1) is 11.7 Å². The molecule has 164 valence electrons. The molecule has 0 bridgehead atoms. The minimum absolute atomic E-state index is 0.0221. The van der Waals surface area contributed by atoms with Crippen LogP contribution in [0.4, 0.5) is 4.39 Å². The summed E-state index contributed by atoms with van der Waals surface area (Å²) >= 11 is 0. The van der Waals surface area contributed by atoms with Crippen molar-refractivity contribution in [3.63, 3.8) is 0 Å². The summed E-state index contributed by atoms with van der Waals surface area (Å²) in [6.07, 6.45) is 1.38. The molecule has 31 heavy (non-hydrogen) atoms. The van der Waals surface area contributed by atoms with Crippen molar-refractivity contribution in [2.75, 3.05) is 13.1 Å². The van der Waals surface area contributed by atoms with Gasteiger partial charge in [0.1, 0.15) is 5.82 Å². The molecule has 2 aliphatic heterocycles. The van der Waals surface area contributed by atoms with Gasteiger partial charge in [-0.05, 0) is 62.9 Å². The highest BCUT2D eigenvalue weighted by atomic mass is 19.1. The Labute approximate surface area is 183 Å². The predicted octanol–water partition coefficient (Wildman–Crippen LogP) is 2.94. The number of carbonyl (C=O) groups excluding carboxylic acids is 2. The monoisotopic (exact) mass is 423 g/mol. The number of halogens is 1. The molecule has 0 aliphatic carbocycles. The van der Waals surface area contributed by atoms with Crippen molar-refractivity contribution in [3.8, 4) is 0 Å². The smallest absolute Gasteiger partial charge is 0.252 e. The van der Waals surface area contributed by atoms with Gasteiger partial charge in [-0.25, -0.2) is 4.39 Å². The van der Waals surface area contributed by atoms with E-state index in [4.69, 9.17) is 0 Å². The zero-order valence-corrected chi connectivity index (χ0v) is 18.3. The van der Waals surface area contributed by atoms with Gasteiger partial charge in [-0.1, -0.05) is 30.3 Å². The first-order chi connectivity index (χ1) is 14.8. The van der Waals surface area contributed by atoms with E-state index in [0.29, 0.717) is 25.1 Å². The first-order valence-corrected chi connectivity index (χ1v) is 11.0. The van der Waals surface area contributed by atoms with Crippen LogP contribution in [0.15, 0.2) is 48.5 Å². The van der Waals surface area contributed by atoms with Crippen molar-refractivity contribution in [2.24, 2.45) is 5.92 Å². The topological polar surface area (TPSA) is 61.4 Å². The lowest BCUT2D eigenvalue weighted by Crippen LogP contribution is -2.62. The average molecular weight is 424 g/mol. The molecular weight excluding hydrogens is 393 g/mol. The van der Waals surface area contributed by atoms with E-state index in [2.05, 4.69) is 22.5 Å². The van der Waals surface area contributed by atoms with E-state index < -0.39 is 5.54 Å². The van der Waals surface area contributed by atoms with E-state index >= 15 is 0 Å². The number of carbonyl (C=O) groups is 2. The fraction of sp³-hybridized carbons (Fsp3) is 0.440. The molecule has 1 saturated heterocycles. The number of hydrogen-bond donors (Lipinski definition) is 2. The van der Waals surface area contributed by atoms with Crippen molar-refractivity contribution in [3.05, 3.63) is 71.0 Å². The highest BCUT2D eigenvalue weighted by Gasteiger charge is 2.53. The molecule has 2 aromatic rings. The Bertz CT molecular complexity index is 975. The van der Waals surface area contributed by atoms with Gasteiger partial charge < -0.3 is 10.6 Å². The molecule has 2 N–H and O–H groups in total. The van der Waals surface area contributed by atoms with E-state index in [1.54, 1.807) is 12.1 Å². The van der Waals surface area contributed by atoms with Crippen molar-refractivity contribution < 1.29 is 14.0 Å². The molecule has 2 aliphatic rings. The van der Waals surface area contributed by atoms with Gasteiger partial charge in [-0.15, -0.1) is 0 Å². The van der Waals surface area contributed by atoms with Crippen molar-refractivity contribution >= 4 is 11.8 Å². The number of nitrogens with zero attached hydrogens (tertiary/aromatic N) is 1. The van der Waals surface area contributed by atoms with Crippen LogP contribution >= 0.6 is 0 Å². The minimum Gasteiger partial charge on any atom is -0.354 e. The maximum atomic E-state index is 13.3. The molecule has 0 unspecified atom stereocenters. The Balaban J connectivity index is 1.60. The second-order valence-electron chi connectivity index (χ2n) is 9.27. The molecule has 4 rings (SSSR count). The molecule has 0 saturated carbocycles. The fourth-order valence-corrected chi connectivity index (χ4v) is 4.97. The average Bonchev–Trinajstić information content (AvgIpc) is 3.08. The van der Waals surface area contributed by atoms with Gasteiger partial charge in [-0.3, -0.25) is 14.5 Å². The van der Waals surface area contributed by atoms with Gasteiger partial charge in [0.05, 0.1) is 11.5 Å². The van der Waals surface area contributed by atoms with Crippen LogP contribution in [-0.2, 0) is 17.6 Å². The fourth-order valence-electron chi connectivity index (χ4n) is 4.97. The molecule has 1 fully saturated rings. The molecule has 0 aromatic heterocycles. The Hall–Kier alpha value is -2.73. The number of fused-ring (bicyclic) bond motifs is 1. The van der Waals surface area contributed by atoms with Crippen LogP contribution in [0.2, 0.25) is 0 Å². The second kappa shape index (κ2) is 8.42. The molecule has 5 nitrogen and oxygen atoms in total. The zero-order chi connectivity index (χ0) is 22.2. The molecule has 1 spiro atoms. The summed E-state index contributed by atoms with van der Waals surface area (Å²) in [5.41, 5.74) is 2.09. The van der Waals surface area contributed by atoms with Crippen molar-refractivity contribution in [2.45, 2.75) is 51.2 Å². The first kappa shape index (κ1) is 21.5. The summed E-state index contributed by atoms with van der Waals surface area (Å²) in [5, 5.41) is 6.27. The second-order valence-corrected chi connectivity index (χ2v) is 9.27. The lowest BCUT2D eigenvalue weighted by Gasteiger charge is -2.39. The summed E-state index contributed by atoms with van der Waals surface area (Å²) in [7, 11) is 0. The van der Waals surface area contributed by atoms with Gasteiger partial charge in [0, 0.05) is 30.7 Å². The van der Waals surface area contributed by atoms with Gasteiger partial charge >= 0.3 is 0 Å². The predicted molar refractivity (Wildman–Crippen MR) is 118 cm³/mol. The summed E-state index contributed by atoms with van der Waals surface area (Å²) in [4.78, 5) is 28.4. The minimum atomic E-state index is -0.637. The van der Waals surface area contributed by atoms with Crippen LogP contribution in [0.1, 0.15) is 42.3 Å². The molecule has 2 amide bonds. The SMILES string of the molecule is CC(C)NC(=O)[C@@H]1CN([C@H](C)Cc2ccc(F)cc2)C[C@]12Cc1ccccc1C(=O)N2. The van der Waals surface area contributed by atoms with E-state index in [0.717, 1.165) is 17.5 Å². The number of rotatable bonds is 5. The molecule has 0 radical (unpaired) electrons. The van der Waals surface area contributed by atoms with E-state index in [1.807, 2.05) is 38.1 Å². The Morgan fingerprint density at radius 2 is 1.90 bits per heavy atom. The van der Waals surface area contributed by atoms with E-state index in [-0.39, 0.29) is 35.6 Å². The molecule has 3 atom stereocenters.